The van der Waals surface area contributed by atoms with Gasteiger partial charge < -0.3 is 4.74 Å². The molecule has 6 amide bonds. The molecule has 360 valence electrons. The second-order valence-electron chi connectivity index (χ2n) is 13.1. The number of ether oxygens (including phenoxy) is 1. The number of hydrazine groups is 4. The maximum absolute atomic E-state index is 12.8. The fourth-order valence-electron chi connectivity index (χ4n) is 3.79. The Hall–Kier alpha value is -6.28. The summed E-state index contributed by atoms with van der Waals surface area (Å²) in [4.78, 5) is 113. The van der Waals surface area contributed by atoms with Gasteiger partial charge in [-0.05, 0) is 32.1 Å². The summed E-state index contributed by atoms with van der Waals surface area (Å²) in [6.07, 6.45) is 3.50. The normalized spacial score (nSPS) is 11.4. The van der Waals surface area contributed by atoms with Crippen LogP contribution in [0.1, 0.15) is 85.0 Å². The number of carbonyl (C=O) groups is 6. The first-order valence-electron chi connectivity index (χ1n) is 18.3. The summed E-state index contributed by atoms with van der Waals surface area (Å²) in [7, 11) is -4.01. The molecule has 0 aromatic heterocycles. The average molecular weight is 947 g/mol. The summed E-state index contributed by atoms with van der Waals surface area (Å²) in [6, 6.07) is 0. The van der Waals surface area contributed by atoms with E-state index in [1.807, 2.05) is 12.3 Å². The van der Waals surface area contributed by atoms with Gasteiger partial charge in [-0.2, -0.15) is 4.39 Å². The van der Waals surface area contributed by atoms with Gasteiger partial charge in [-0.25, -0.2) is 9.48 Å². The zero-order valence-electron chi connectivity index (χ0n) is 35.1. The van der Waals surface area contributed by atoms with Crippen LogP contribution in [0.3, 0.4) is 0 Å². The molecule has 0 unspecified atom stereocenters. The molecule has 2 rings (SSSR count). The third-order valence-corrected chi connectivity index (χ3v) is 6.73. The van der Waals surface area contributed by atoms with Crippen molar-refractivity contribution in [1.29, 1.82) is 0 Å². The average Bonchev–Trinajstić information content (AvgIpc) is 3.17. The zero-order chi connectivity index (χ0) is 49.4. The van der Waals surface area contributed by atoms with Gasteiger partial charge in [0.2, 0.25) is 41.3 Å². The van der Waals surface area contributed by atoms with Gasteiger partial charge in [0.1, 0.15) is 5.69 Å². The SMILES string of the molecule is CC(=O)NNC(=O)CCCCC(=O)NNc1c(F)c(=O)c1=O.CCCCOc1c(NNC(=O)CCCCC(=O)NNC(C)=O)c(=O)c1=O.CN(C)C(F)=[N+](C)C.F[P-](F)(F)(F)(F)F. The van der Waals surface area contributed by atoms with Gasteiger partial charge in [0.25, 0.3) is 21.7 Å². The van der Waals surface area contributed by atoms with Crippen LogP contribution in [0.4, 0.5) is 45.3 Å². The predicted octanol–water partition coefficient (Wildman–Crippen LogP) is 1.75. The summed E-state index contributed by atoms with van der Waals surface area (Å²) in [5.74, 6) is -3.69. The van der Waals surface area contributed by atoms with E-state index in [9.17, 15) is 81.9 Å². The Morgan fingerprint density at radius 1 is 0.587 bits per heavy atom. The summed E-state index contributed by atoms with van der Waals surface area (Å²) in [5, 5.41) is 0. The molecule has 0 aliphatic heterocycles. The Balaban J connectivity index is 0. The number of amides is 6. The molecule has 63 heavy (non-hydrogen) atoms. The molecule has 2 aromatic carbocycles. The van der Waals surface area contributed by atoms with Crippen molar-refractivity contribution >= 4 is 60.7 Å². The van der Waals surface area contributed by atoms with Gasteiger partial charge >= 0.3 is 39.1 Å². The topological polar surface area (TPSA) is 282 Å². The van der Waals surface area contributed by atoms with Crippen LogP contribution in [0.25, 0.3) is 0 Å². The van der Waals surface area contributed by atoms with Crippen molar-refractivity contribution in [2.45, 2.75) is 85.0 Å². The van der Waals surface area contributed by atoms with Crippen LogP contribution in [0, 0.1) is 5.82 Å². The van der Waals surface area contributed by atoms with Crippen LogP contribution in [0.5, 0.6) is 5.75 Å². The molecule has 2 aromatic rings. The molecule has 0 radical (unpaired) electrons. The number of nitrogens with zero attached hydrogens (tertiary/aromatic N) is 2. The number of hydrogen-bond acceptors (Lipinski definition) is 13. The third kappa shape index (κ3) is 30.4. The summed E-state index contributed by atoms with van der Waals surface area (Å²) in [5.41, 5.74) is 13.3. The summed E-state index contributed by atoms with van der Waals surface area (Å²) >= 11 is 0. The molecule has 0 atom stereocenters. The minimum absolute atomic E-state index is 0.0391. The Labute approximate surface area is 353 Å². The van der Waals surface area contributed by atoms with Crippen molar-refractivity contribution in [2.75, 3.05) is 45.6 Å². The molecule has 0 saturated heterocycles. The van der Waals surface area contributed by atoms with Gasteiger partial charge in [-0.1, -0.05) is 13.3 Å². The number of nitrogens with one attached hydrogen (secondary N) is 8. The van der Waals surface area contributed by atoms with Gasteiger partial charge in [0.15, 0.2) is 11.4 Å². The molecule has 30 heteroatoms. The number of hydrogen-bond donors (Lipinski definition) is 8. The van der Waals surface area contributed by atoms with Gasteiger partial charge in [-0.15, -0.1) is 4.39 Å². The van der Waals surface area contributed by atoms with Crippen molar-refractivity contribution in [3.8, 4) is 5.75 Å². The summed E-state index contributed by atoms with van der Waals surface area (Å²) < 4.78 is 91.1. The van der Waals surface area contributed by atoms with E-state index in [0.29, 0.717) is 32.3 Å². The van der Waals surface area contributed by atoms with Crippen molar-refractivity contribution < 1.29 is 72.0 Å². The van der Waals surface area contributed by atoms with Crippen molar-refractivity contribution in [2.24, 2.45) is 0 Å². The Kier molecular flexibility index (Phi) is 24.5. The van der Waals surface area contributed by atoms with E-state index < -0.39 is 52.8 Å². The number of halogens is 8. The van der Waals surface area contributed by atoms with Crippen molar-refractivity contribution in [3.63, 3.8) is 0 Å². The number of carbonyl (C=O) groups excluding carboxylic acids is 6. The molecular weight excluding hydrogens is 895 g/mol. The number of amidine groups is 1. The summed E-state index contributed by atoms with van der Waals surface area (Å²) in [6.45, 7) is 4.81. The van der Waals surface area contributed by atoms with Gasteiger partial charge in [0.05, 0.1) is 34.8 Å². The zero-order valence-corrected chi connectivity index (χ0v) is 36.0. The van der Waals surface area contributed by atoms with E-state index in [1.165, 1.54) is 23.3 Å². The van der Waals surface area contributed by atoms with E-state index in [0.717, 1.165) is 12.8 Å². The molecule has 0 aliphatic rings. The molecule has 0 spiro atoms. The first-order chi connectivity index (χ1) is 28.7. The standard InChI is InChI=1S/C16H24N4O6.C12H15FN4O5.C5H12FN2.F6P/c1-3-4-9-26-16-13(14(24)15(16)25)20-19-12(23)8-6-5-7-11(22)18-17-10(2)21;1-6(18)14-15-7(19)4-2-3-5-8(20)16-17-10-9(13)11(21)12(10)22;1-7(2)5(6)8(3)4;1-7(2,3,4,5)6/h20H,3-9H2,1-2H3,(H,17,21)(H,18,22)(H,19,23);17H,2-5H2,1H3,(H,14,18)(H,15,19)(H,16,20);1-4H3;/q;;+1;-1. The number of rotatable bonds is 18. The Bertz CT molecular complexity index is 2060. The molecule has 0 aliphatic carbocycles. The first-order valence-corrected chi connectivity index (χ1v) is 20.3. The fraction of sp³-hybridized carbons (Fsp3) is 0.545. The van der Waals surface area contributed by atoms with E-state index in [4.69, 9.17) is 4.74 Å². The van der Waals surface area contributed by atoms with Crippen LogP contribution < -0.4 is 69.9 Å². The number of unbranched alkanes of at least 4 members (excludes halogenated alkanes) is 3. The van der Waals surface area contributed by atoms with Crippen LogP contribution in [-0.4, -0.2) is 85.8 Å². The maximum atomic E-state index is 12.8. The molecule has 21 nitrogen and oxygen atoms in total. The second-order valence-corrected chi connectivity index (χ2v) is 15.1. The quantitative estimate of drug-likeness (QED) is 0.0122. The molecule has 0 saturated carbocycles. The van der Waals surface area contributed by atoms with Crippen LogP contribution in [-0.2, 0) is 28.8 Å². The fourth-order valence-corrected chi connectivity index (χ4v) is 3.79. The second kappa shape index (κ2) is 26.3. The van der Waals surface area contributed by atoms with E-state index in [-0.39, 0.29) is 66.8 Å². The monoisotopic (exact) mass is 946 g/mol. The van der Waals surface area contributed by atoms with Gasteiger partial charge in [-0.3, -0.25) is 91.4 Å². The predicted molar refractivity (Wildman–Crippen MR) is 213 cm³/mol. The van der Waals surface area contributed by atoms with Crippen LogP contribution in [0.2, 0.25) is 0 Å². The third-order valence-electron chi connectivity index (χ3n) is 6.73. The molecule has 0 heterocycles. The van der Waals surface area contributed by atoms with Crippen LogP contribution in [0.15, 0.2) is 19.2 Å². The Morgan fingerprint density at radius 2 is 0.937 bits per heavy atom. The van der Waals surface area contributed by atoms with E-state index >= 15 is 0 Å². The van der Waals surface area contributed by atoms with Crippen molar-refractivity contribution in [1.82, 2.24) is 37.5 Å². The van der Waals surface area contributed by atoms with Crippen molar-refractivity contribution in [3.05, 3.63) is 46.7 Å². The van der Waals surface area contributed by atoms with Gasteiger partial charge in [0, 0.05) is 39.5 Å². The van der Waals surface area contributed by atoms with Crippen LogP contribution >= 0.6 is 7.81 Å². The minimum atomic E-state index is -10.7. The van der Waals surface area contributed by atoms with E-state index in [1.54, 1.807) is 28.2 Å². The Morgan fingerprint density at radius 3 is 1.24 bits per heavy atom. The molecule has 0 bridgehead atoms. The molecular formula is C33H51F8N10O11P. The van der Waals surface area contributed by atoms with E-state index in [2.05, 4.69) is 38.0 Å². The molecule has 8 N–H and O–H groups in total. The molecule has 0 fully saturated rings. The first kappa shape index (κ1) is 58.8. The number of anilines is 2.